The fraction of sp³-hybridized carbons (Fsp3) is 0.188. The number of rotatable bonds is 3. The SMILES string of the molecule is CC(c1ccc(O)c(=O)cc1)[C@@H](O)c1ccccc1. The van der Waals surface area contributed by atoms with Gasteiger partial charge in [-0.1, -0.05) is 49.4 Å². The summed E-state index contributed by atoms with van der Waals surface area (Å²) < 4.78 is 0. The zero-order valence-corrected chi connectivity index (χ0v) is 10.7. The molecule has 0 aliphatic rings. The first-order valence-electron chi connectivity index (χ1n) is 6.16. The van der Waals surface area contributed by atoms with E-state index in [2.05, 4.69) is 0 Å². The molecule has 0 fully saturated rings. The van der Waals surface area contributed by atoms with Gasteiger partial charge in [0.1, 0.15) is 0 Å². The number of hydrogen-bond acceptors (Lipinski definition) is 3. The van der Waals surface area contributed by atoms with E-state index in [1.54, 1.807) is 12.1 Å². The van der Waals surface area contributed by atoms with Crippen LogP contribution in [0.1, 0.15) is 30.1 Å². The van der Waals surface area contributed by atoms with Gasteiger partial charge in [-0.2, -0.15) is 0 Å². The zero-order chi connectivity index (χ0) is 13.8. The van der Waals surface area contributed by atoms with Crippen molar-refractivity contribution in [2.45, 2.75) is 18.9 Å². The summed E-state index contributed by atoms with van der Waals surface area (Å²) in [4.78, 5) is 11.3. The van der Waals surface area contributed by atoms with Gasteiger partial charge in [0.05, 0.1) is 6.10 Å². The lowest BCUT2D eigenvalue weighted by Gasteiger charge is -2.18. The molecule has 0 aliphatic carbocycles. The van der Waals surface area contributed by atoms with Crippen molar-refractivity contribution in [2.75, 3.05) is 0 Å². The molecule has 2 atom stereocenters. The Hall–Kier alpha value is -2.13. The third-order valence-electron chi connectivity index (χ3n) is 3.25. The standard InChI is InChI=1S/C16H16O3/c1-11(16(19)13-5-3-2-4-6-13)12-7-9-14(17)15(18)10-8-12/h2-11,16,19H,1H3,(H,17,18)/t11?,16-/m1/s1. The van der Waals surface area contributed by atoms with Crippen LogP contribution in [0.25, 0.3) is 0 Å². The van der Waals surface area contributed by atoms with Gasteiger partial charge in [-0.05, 0) is 23.3 Å². The predicted octanol–water partition coefficient (Wildman–Crippen LogP) is 2.59. The van der Waals surface area contributed by atoms with Crippen LogP contribution in [0.15, 0.2) is 59.4 Å². The third-order valence-corrected chi connectivity index (χ3v) is 3.25. The molecule has 3 heteroatoms. The van der Waals surface area contributed by atoms with Crippen molar-refractivity contribution >= 4 is 0 Å². The minimum absolute atomic E-state index is 0.173. The summed E-state index contributed by atoms with van der Waals surface area (Å²) in [5.41, 5.74) is 1.20. The molecule has 3 nitrogen and oxygen atoms in total. The summed E-state index contributed by atoms with van der Waals surface area (Å²) in [6.45, 7) is 1.88. The Bertz CT molecular complexity index is 608. The van der Waals surface area contributed by atoms with E-state index >= 15 is 0 Å². The van der Waals surface area contributed by atoms with E-state index in [1.807, 2.05) is 37.3 Å². The third kappa shape index (κ3) is 3.01. The highest BCUT2D eigenvalue weighted by atomic mass is 16.3. The first-order valence-corrected chi connectivity index (χ1v) is 6.16. The predicted molar refractivity (Wildman–Crippen MR) is 74.2 cm³/mol. The van der Waals surface area contributed by atoms with Crippen molar-refractivity contribution in [1.29, 1.82) is 0 Å². The van der Waals surface area contributed by atoms with Crippen molar-refractivity contribution in [3.8, 4) is 5.75 Å². The lowest BCUT2D eigenvalue weighted by Crippen LogP contribution is -2.07. The molecule has 2 rings (SSSR count). The van der Waals surface area contributed by atoms with Crippen molar-refractivity contribution in [1.82, 2.24) is 0 Å². The number of hydrogen-bond donors (Lipinski definition) is 2. The minimum atomic E-state index is -0.652. The topological polar surface area (TPSA) is 57.5 Å². The molecule has 0 radical (unpaired) electrons. The first-order chi connectivity index (χ1) is 9.09. The van der Waals surface area contributed by atoms with Crippen LogP contribution in [0, 0.1) is 0 Å². The summed E-state index contributed by atoms with van der Waals surface area (Å²) in [5, 5.41) is 19.7. The average Bonchev–Trinajstić information content (AvgIpc) is 2.61. The first kappa shape index (κ1) is 13.3. The largest absolute Gasteiger partial charge is 0.504 e. The minimum Gasteiger partial charge on any atom is -0.504 e. The summed E-state index contributed by atoms with van der Waals surface area (Å²) >= 11 is 0. The Morgan fingerprint density at radius 1 is 0.895 bits per heavy atom. The maximum Gasteiger partial charge on any atom is 0.220 e. The second-order valence-corrected chi connectivity index (χ2v) is 4.56. The van der Waals surface area contributed by atoms with Crippen LogP contribution in [-0.2, 0) is 0 Å². The Kier molecular flexibility index (Phi) is 3.97. The van der Waals surface area contributed by atoms with E-state index in [9.17, 15) is 15.0 Å². The van der Waals surface area contributed by atoms with Gasteiger partial charge in [-0.3, -0.25) is 4.79 Å². The van der Waals surface area contributed by atoms with E-state index in [0.717, 1.165) is 11.1 Å². The van der Waals surface area contributed by atoms with Crippen molar-refractivity contribution in [3.05, 3.63) is 75.9 Å². The van der Waals surface area contributed by atoms with Crippen LogP contribution >= 0.6 is 0 Å². The van der Waals surface area contributed by atoms with Gasteiger partial charge in [-0.15, -0.1) is 0 Å². The number of aliphatic hydroxyl groups excluding tert-OH is 1. The van der Waals surface area contributed by atoms with Gasteiger partial charge in [0.15, 0.2) is 5.75 Å². The quantitative estimate of drug-likeness (QED) is 0.887. The van der Waals surface area contributed by atoms with Gasteiger partial charge in [0.2, 0.25) is 5.43 Å². The number of aliphatic hydroxyl groups is 1. The van der Waals surface area contributed by atoms with E-state index in [1.165, 1.54) is 12.1 Å². The van der Waals surface area contributed by atoms with E-state index in [4.69, 9.17) is 0 Å². The molecule has 0 heterocycles. The summed E-state index contributed by atoms with van der Waals surface area (Å²) in [6, 6.07) is 15.3. The Morgan fingerprint density at radius 2 is 1.53 bits per heavy atom. The normalized spacial score (nSPS) is 13.8. The summed E-state index contributed by atoms with van der Waals surface area (Å²) in [7, 11) is 0. The van der Waals surface area contributed by atoms with Crippen LogP contribution in [0.5, 0.6) is 5.75 Å². The van der Waals surface area contributed by atoms with Crippen LogP contribution in [0.4, 0.5) is 0 Å². The number of aromatic hydroxyl groups is 1. The molecule has 2 aromatic rings. The molecular formula is C16H16O3. The average molecular weight is 256 g/mol. The smallest absolute Gasteiger partial charge is 0.220 e. The molecule has 0 aromatic heterocycles. The molecule has 0 saturated carbocycles. The monoisotopic (exact) mass is 256 g/mol. The molecule has 1 unspecified atom stereocenters. The van der Waals surface area contributed by atoms with Crippen LogP contribution in [-0.4, -0.2) is 10.2 Å². The second kappa shape index (κ2) is 5.67. The molecule has 19 heavy (non-hydrogen) atoms. The molecular weight excluding hydrogens is 240 g/mol. The van der Waals surface area contributed by atoms with Gasteiger partial charge in [-0.25, -0.2) is 0 Å². The maximum atomic E-state index is 11.3. The second-order valence-electron chi connectivity index (χ2n) is 4.56. The highest BCUT2D eigenvalue weighted by molar-refractivity contribution is 5.29. The molecule has 98 valence electrons. The van der Waals surface area contributed by atoms with Crippen LogP contribution < -0.4 is 5.43 Å². The van der Waals surface area contributed by atoms with Crippen molar-refractivity contribution in [3.63, 3.8) is 0 Å². The van der Waals surface area contributed by atoms with Crippen LogP contribution in [0.3, 0.4) is 0 Å². The highest BCUT2D eigenvalue weighted by Gasteiger charge is 2.17. The lowest BCUT2D eigenvalue weighted by atomic mass is 9.92. The van der Waals surface area contributed by atoms with E-state index < -0.39 is 11.5 Å². The molecule has 0 amide bonds. The van der Waals surface area contributed by atoms with Gasteiger partial charge >= 0.3 is 0 Å². The molecule has 2 aromatic carbocycles. The molecule has 0 saturated heterocycles. The Morgan fingerprint density at radius 3 is 2.21 bits per heavy atom. The number of benzene rings is 1. The Labute approximate surface area is 111 Å². The van der Waals surface area contributed by atoms with E-state index in [0.29, 0.717) is 0 Å². The molecule has 0 spiro atoms. The fourth-order valence-electron chi connectivity index (χ4n) is 1.99. The highest BCUT2D eigenvalue weighted by Crippen LogP contribution is 2.29. The van der Waals surface area contributed by atoms with Gasteiger partial charge in [0.25, 0.3) is 0 Å². The summed E-state index contributed by atoms with van der Waals surface area (Å²) in [5.74, 6) is -0.457. The maximum absolute atomic E-state index is 11.3. The van der Waals surface area contributed by atoms with Gasteiger partial charge < -0.3 is 10.2 Å². The lowest BCUT2D eigenvalue weighted by molar-refractivity contribution is 0.151. The fourth-order valence-corrected chi connectivity index (χ4v) is 1.99. The molecule has 0 bridgehead atoms. The molecule has 0 aliphatic heterocycles. The van der Waals surface area contributed by atoms with Crippen LogP contribution in [0.2, 0.25) is 0 Å². The Balaban J connectivity index is 2.32. The zero-order valence-electron chi connectivity index (χ0n) is 10.7. The van der Waals surface area contributed by atoms with E-state index in [-0.39, 0.29) is 11.7 Å². The molecule has 2 N–H and O–H groups in total. The van der Waals surface area contributed by atoms with Gasteiger partial charge in [0, 0.05) is 5.92 Å². The van der Waals surface area contributed by atoms with Crippen molar-refractivity contribution in [2.24, 2.45) is 0 Å². The van der Waals surface area contributed by atoms with Crippen molar-refractivity contribution < 1.29 is 10.2 Å². The summed E-state index contributed by atoms with van der Waals surface area (Å²) in [6.07, 6.45) is -0.652.